The van der Waals surface area contributed by atoms with Crippen LogP contribution in [-0.4, -0.2) is 250 Å². The third-order valence-electron chi connectivity index (χ3n) is 22.9. The summed E-state index contributed by atoms with van der Waals surface area (Å²) in [6.45, 7) is 12.7. The summed E-state index contributed by atoms with van der Waals surface area (Å²) in [6.07, 6.45) is 4.53. The average molecular weight is 1420 g/mol. The lowest BCUT2D eigenvalue weighted by molar-refractivity contribution is -0.182. The van der Waals surface area contributed by atoms with Crippen molar-refractivity contribution in [1.82, 2.24) is 60.5 Å². The number of amides is 12. The van der Waals surface area contributed by atoms with Crippen LogP contribution < -0.4 is 21.3 Å². The van der Waals surface area contributed by atoms with Crippen LogP contribution in [0.1, 0.15) is 203 Å². The molecule has 0 aromatic rings. The van der Waals surface area contributed by atoms with E-state index in [-0.39, 0.29) is 101 Å². The Labute approximate surface area is 588 Å². The van der Waals surface area contributed by atoms with Crippen LogP contribution in [0.25, 0.3) is 0 Å². The summed E-state index contributed by atoms with van der Waals surface area (Å²) < 4.78 is 42.0. The Morgan fingerprint density at radius 1 is 0.596 bits per heavy atom. The lowest BCUT2D eigenvalue weighted by Gasteiger charge is -2.45. The molecule has 7 aliphatic rings. The third-order valence-corrected chi connectivity index (χ3v) is 23.4. The number of hydrogen-bond donors (Lipinski definition) is 4. The largest absolute Gasteiger partial charge is 0.393 e. The molecule has 4 saturated heterocycles. The maximum Gasteiger partial charge on any atom is 0.393 e. The first-order chi connectivity index (χ1) is 46.6. The Hall–Kier alpha value is -6.28. The van der Waals surface area contributed by atoms with Crippen molar-refractivity contribution in [1.29, 1.82) is 0 Å². The molecule has 24 nitrogen and oxygen atoms in total. The van der Waals surface area contributed by atoms with Crippen molar-refractivity contribution in [2.75, 3.05) is 68.0 Å². The molecule has 3 unspecified atom stereocenters. The second-order valence-electron chi connectivity index (χ2n) is 30.6. The van der Waals surface area contributed by atoms with Crippen LogP contribution in [-0.2, 0) is 57.5 Å². The second kappa shape index (κ2) is 35.1. The number of piperidine rings is 1. The number of carbonyl (C=O) groups is 12. The fraction of sp³-hybridized carbons (Fsp3) is 0.831. The number of alkyl halides is 4. The van der Waals surface area contributed by atoms with Gasteiger partial charge in [0.05, 0.1) is 18.9 Å². The Morgan fingerprint density at radius 3 is 1.81 bits per heavy atom. The van der Waals surface area contributed by atoms with Crippen molar-refractivity contribution in [3.8, 4) is 0 Å². The zero-order chi connectivity index (χ0) is 73.1. The van der Waals surface area contributed by atoms with E-state index in [1.165, 1.54) is 76.5 Å². The molecule has 558 valence electrons. The Balaban J connectivity index is 1.26. The van der Waals surface area contributed by atoms with Crippen LogP contribution in [0.15, 0.2) is 0 Å². The molecule has 7 rings (SSSR count). The van der Waals surface area contributed by atoms with Crippen molar-refractivity contribution < 1.29 is 70.7 Å². The van der Waals surface area contributed by atoms with E-state index in [1.807, 2.05) is 20.8 Å². The van der Waals surface area contributed by atoms with Gasteiger partial charge < -0.3 is 60.5 Å². The number of carbonyl (C=O) groups excluding carboxylic acids is 12. The van der Waals surface area contributed by atoms with Gasteiger partial charge >= 0.3 is 6.18 Å². The number of fused-ring (bicyclic) bond motifs is 2. The first kappa shape index (κ1) is 80.0. The van der Waals surface area contributed by atoms with Crippen molar-refractivity contribution in [2.45, 2.75) is 274 Å². The number of hydrogen-bond acceptors (Lipinski definition) is 12. The zero-order valence-electron chi connectivity index (χ0n) is 60.7. The van der Waals surface area contributed by atoms with Gasteiger partial charge in [-0.1, -0.05) is 92.9 Å². The second-order valence-corrected chi connectivity index (χ2v) is 31.2. The Morgan fingerprint density at radius 2 is 1.22 bits per heavy atom. The van der Waals surface area contributed by atoms with Crippen LogP contribution in [0.2, 0.25) is 0 Å². The summed E-state index contributed by atoms with van der Waals surface area (Å²) in [6, 6.07) is -10.9. The normalized spacial score (nSPS) is 31.1. The third kappa shape index (κ3) is 19.5. The van der Waals surface area contributed by atoms with Crippen LogP contribution in [0, 0.1) is 35.5 Å². The lowest BCUT2D eigenvalue weighted by Crippen LogP contribution is -2.65. The molecule has 28 heteroatoms. The molecule has 13 atom stereocenters. The van der Waals surface area contributed by atoms with E-state index in [0.717, 1.165) is 38.5 Å². The van der Waals surface area contributed by atoms with Gasteiger partial charge in [-0.3, -0.25) is 57.5 Å². The van der Waals surface area contributed by atoms with Gasteiger partial charge in [-0.15, -0.1) is 11.6 Å². The van der Waals surface area contributed by atoms with Crippen molar-refractivity contribution in [3.05, 3.63) is 0 Å². The maximum atomic E-state index is 15.2. The molecule has 0 aromatic carbocycles. The quantitative estimate of drug-likeness (QED) is 0.180. The summed E-state index contributed by atoms with van der Waals surface area (Å²) in [5.41, 5.74) is -1.57. The fourth-order valence-corrected chi connectivity index (χ4v) is 16.5. The van der Waals surface area contributed by atoms with E-state index in [2.05, 4.69) is 21.3 Å². The zero-order valence-corrected chi connectivity index (χ0v) is 61.5. The number of halogens is 4. The molecule has 0 aromatic heterocycles. The molecule has 99 heavy (non-hydrogen) atoms. The van der Waals surface area contributed by atoms with Gasteiger partial charge in [-0.2, -0.15) is 13.2 Å². The highest BCUT2D eigenvalue weighted by atomic mass is 35.5. The highest BCUT2D eigenvalue weighted by Gasteiger charge is 2.51. The molecular formula is C71H114ClF3N12O12. The maximum absolute atomic E-state index is 15.2. The van der Waals surface area contributed by atoms with Crippen LogP contribution >= 0.6 is 11.6 Å². The van der Waals surface area contributed by atoms with E-state index in [9.17, 15) is 56.3 Å². The van der Waals surface area contributed by atoms with Gasteiger partial charge in [0.2, 0.25) is 70.9 Å². The highest BCUT2D eigenvalue weighted by Crippen LogP contribution is 2.44. The number of rotatable bonds is 11. The molecule has 0 radical (unpaired) electrons. The van der Waals surface area contributed by atoms with Crippen LogP contribution in [0.5, 0.6) is 0 Å². The summed E-state index contributed by atoms with van der Waals surface area (Å²) in [7, 11) is 7.18. The Kier molecular flexibility index (Phi) is 28.3. The van der Waals surface area contributed by atoms with E-state index in [4.69, 9.17) is 11.6 Å². The van der Waals surface area contributed by atoms with E-state index < -0.39 is 173 Å². The first-order valence-corrected chi connectivity index (χ1v) is 37.2. The summed E-state index contributed by atoms with van der Waals surface area (Å²) in [4.78, 5) is 189. The number of likely N-dealkylation sites (N-methyl/N-ethyl adjacent to an activating group) is 5. The minimum absolute atomic E-state index is 0.000637. The number of nitrogens with one attached hydrogen (secondary N) is 4. The fourth-order valence-electron chi connectivity index (χ4n) is 15.9. The lowest BCUT2D eigenvalue weighted by atomic mass is 9.78. The van der Waals surface area contributed by atoms with Crippen molar-refractivity contribution >= 4 is 82.5 Å². The molecule has 4 N–H and O–H groups in total. The molecule has 0 bridgehead atoms. The van der Waals surface area contributed by atoms with Gasteiger partial charge in [0.25, 0.3) is 0 Å². The van der Waals surface area contributed by atoms with E-state index >= 15 is 14.4 Å². The topological polar surface area (TPSA) is 279 Å². The first-order valence-electron chi connectivity index (χ1n) is 36.8. The Bertz CT molecular complexity index is 2910. The highest BCUT2D eigenvalue weighted by molar-refractivity contribution is 6.21. The average Bonchev–Trinajstić information content (AvgIpc) is 1.77. The molecular weight excluding hydrogens is 1310 g/mol. The van der Waals surface area contributed by atoms with Crippen molar-refractivity contribution in [2.24, 2.45) is 35.5 Å². The van der Waals surface area contributed by atoms with Gasteiger partial charge in [-0.25, -0.2) is 0 Å². The molecule has 1 spiro atoms. The van der Waals surface area contributed by atoms with E-state index in [1.54, 1.807) is 25.7 Å². The van der Waals surface area contributed by atoms with Crippen LogP contribution in [0.4, 0.5) is 13.2 Å². The molecule has 12 amide bonds. The summed E-state index contributed by atoms with van der Waals surface area (Å²) in [5.74, 6) is -10.9. The molecule has 4 heterocycles. The molecule has 3 aliphatic carbocycles. The monoisotopic (exact) mass is 1420 g/mol. The van der Waals surface area contributed by atoms with Gasteiger partial charge in [0, 0.05) is 66.8 Å². The smallest absolute Gasteiger partial charge is 0.343 e. The van der Waals surface area contributed by atoms with Crippen molar-refractivity contribution in [3.63, 3.8) is 0 Å². The molecule has 4 aliphatic heterocycles. The minimum atomic E-state index is -4.51. The summed E-state index contributed by atoms with van der Waals surface area (Å²) in [5, 5.41) is 10.5. The predicted octanol–water partition coefficient (Wildman–Crippen LogP) is 5.75. The number of nitrogens with zero attached hydrogens (tertiary/aromatic N) is 8. The SMILES string of the molecule is CC[C@H](C)[C@@H]1NC(=O)[C@H](CC(C)C)N(C)C(=O)C[C@@H](C(=O)N2CCCCC2)N(C)C(=O)[C@H](C(C)C)NC(=O)C2(CCCC2)NC(=O)[C@@H]2CCCN2C(=O)[C@H](CCC2CCC(C(F)(F)F)C(Cl)C2)NC(=O)CN(C)C(=O)[C@H](CC2CCCCC2)N(C)C(=O)[C@@H]2CCN2C(=O)[C@H](C)N(C)C1=O. The predicted molar refractivity (Wildman–Crippen MR) is 365 cm³/mol. The van der Waals surface area contributed by atoms with Gasteiger partial charge in [0.1, 0.15) is 59.9 Å². The van der Waals surface area contributed by atoms with Gasteiger partial charge in [0.15, 0.2) is 0 Å². The van der Waals surface area contributed by atoms with Crippen LogP contribution in [0.3, 0.4) is 0 Å². The van der Waals surface area contributed by atoms with E-state index in [0.29, 0.717) is 51.6 Å². The minimum Gasteiger partial charge on any atom is -0.343 e. The molecule has 7 fully saturated rings. The number of likely N-dealkylation sites (tertiary alicyclic amines) is 1. The summed E-state index contributed by atoms with van der Waals surface area (Å²) >= 11 is 6.40. The standard InChI is InChI=1S/C71H114ClF3N12O12/c1-13-44(6)59-68(98)81(9)45(7)62(92)87-36-30-52(87)65(95)83(11)54(39-46-23-16-14-17-24-46)64(94)80(8)41-56(88)76-50(29-27-47-26-28-48(49(72)38-47)71(73,74)75)63(93)86-35-22-25-51(86)61(91)79-70(31-18-19-32-70)69(99)78-58(43(4)5)67(97)84(12)55(66(96)85-33-20-15-21-34-85)40-57(89)82(10)53(37-42(2)3)60(90)77-59/h42-55,58-59H,13-41H2,1-12H3,(H,76,88)(H,77,90)(H,78,99)(H,79,91)/t44-,45-,47?,48?,49?,50-,51-,52-,53-,54-,55-,58-,59-/m0/s1. The van der Waals surface area contributed by atoms with Gasteiger partial charge in [-0.05, 0) is 133 Å². The molecule has 3 saturated carbocycles.